The third kappa shape index (κ3) is 5.92. The second-order valence-electron chi connectivity index (χ2n) is 5.22. The Morgan fingerprint density at radius 1 is 1.32 bits per heavy atom. The number of allylic oxidation sites excluding steroid dienone is 8. The van der Waals surface area contributed by atoms with Gasteiger partial charge in [0.15, 0.2) is 0 Å². The van der Waals surface area contributed by atoms with E-state index < -0.39 is 0 Å². The molecule has 1 saturated heterocycles. The summed E-state index contributed by atoms with van der Waals surface area (Å²) in [6.45, 7) is 0.972. The van der Waals surface area contributed by atoms with Gasteiger partial charge in [-0.3, -0.25) is 0 Å². The molecule has 0 spiro atoms. The SMILES string of the molecule is BrC1=CC=CC(/C=C/CCCC2CCCCO2)C=C1. The average Bonchev–Trinajstić information content (AvgIpc) is 2.64. The van der Waals surface area contributed by atoms with Crippen molar-refractivity contribution in [2.45, 2.75) is 44.6 Å². The predicted octanol–water partition coefficient (Wildman–Crippen LogP) is 5.30. The number of rotatable bonds is 5. The number of hydrogen-bond acceptors (Lipinski definition) is 1. The van der Waals surface area contributed by atoms with E-state index in [1.807, 2.05) is 0 Å². The maximum Gasteiger partial charge on any atom is 0.0575 e. The standard InChI is InChI=1S/C17H23BrO/c18-16-9-6-8-15(12-13-16)7-2-1-3-10-17-11-4-5-14-19-17/h2,6-9,12-13,15,17H,1,3-5,10-11,14H2/b7-2+. The number of unbranched alkanes of at least 4 members (excludes halogenated alkanes) is 1. The minimum absolute atomic E-state index is 0.428. The van der Waals surface area contributed by atoms with Crippen LogP contribution in [0.25, 0.3) is 0 Å². The third-order valence-corrected chi connectivity index (χ3v) is 4.12. The first kappa shape index (κ1) is 14.8. The summed E-state index contributed by atoms with van der Waals surface area (Å²) in [6.07, 6.45) is 23.3. The van der Waals surface area contributed by atoms with Gasteiger partial charge in [-0.1, -0.05) is 52.4 Å². The molecule has 1 nitrogen and oxygen atoms in total. The van der Waals surface area contributed by atoms with Gasteiger partial charge in [-0.15, -0.1) is 0 Å². The van der Waals surface area contributed by atoms with Crippen molar-refractivity contribution in [2.75, 3.05) is 6.61 Å². The molecule has 2 rings (SSSR count). The highest BCUT2D eigenvalue weighted by Crippen LogP contribution is 2.19. The third-order valence-electron chi connectivity index (χ3n) is 3.60. The molecule has 2 atom stereocenters. The Balaban J connectivity index is 1.62. The highest BCUT2D eigenvalue weighted by molar-refractivity contribution is 9.11. The van der Waals surface area contributed by atoms with Crippen LogP contribution < -0.4 is 0 Å². The zero-order chi connectivity index (χ0) is 13.3. The zero-order valence-electron chi connectivity index (χ0n) is 11.4. The van der Waals surface area contributed by atoms with E-state index in [1.54, 1.807) is 0 Å². The van der Waals surface area contributed by atoms with Crippen molar-refractivity contribution in [2.24, 2.45) is 5.92 Å². The summed E-state index contributed by atoms with van der Waals surface area (Å²) in [5, 5.41) is 0. The van der Waals surface area contributed by atoms with E-state index in [9.17, 15) is 0 Å². The fourth-order valence-corrected chi connectivity index (χ4v) is 2.78. The smallest absolute Gasteiger partial charge is 0.0575 e. The van der Waals surface area contributed by atoms with Crippen LogP contribution >= 0.6 is 15.9 Å². The van der Waals surface area contributed by atoms with Gasteiger partial charge in [0.1, 0.15) is 0 Å². The van der Waals surface area contributed by atoms with Crippen molar-refractivity contribution in [3.05, 3.63) is 47.0 Å². The van der Waals surface area contributed by atoms with Crippen LogP contribution in [0.15, 0.2) is 47.0 Å². The summed E-state index contributed by atoms with van der Waals surface area (Å²) in [4.78, 5) is 0. The summed E-state index contributed by atoms with van der Waals surface area (Å²) in [6, 6.07) is 0. The van der Waals surface area contributed by atoms with Crippen molar-refractivity contribution in [3.63, 3.8) is 0 Å². The molecule has 19 heavy (non-hydrogen) atoms. The van der Waals surface area contributed by atoms with Crippen LogP contribution in [0.3, 0.4) is 0 Å². The Bertz CT molecular complexity index is 373. The van der Waals surface area contributed by atoms with E-state index in [0.29, 0.717) is 12.0 Å². The summed E-state index contributed by atoms with van der Waals surface area (Å²) in [7, 11) is 0. The Morgan fingerprint density at radius 3 is 3.11 bits per heavy atom. The topological polar surface area (TPSA) is 9.23 Å². The molecule has 2 unspecified atom stereocenters. The van der Waals surface area contributed by atoms with E-state index in [-0.39, 0.29) is 0 Å². The van der Waals surface area contributed by atoms with Gasteiger partial charge in [-0.2, -0.15) is 0 Å². The molecule has 1 aliphatic heterocycles. The maximum atomic E-state index is 5.74. The van der Waals surface area contributed by atoms with Crippen LogP contribution in [0.2, 0.25) is 0 Å². The van der Waals surface area contributed by atoms with Crippen molar-refractivity contribution < 1.29 is 4.74 Å². The van der Waals surface area contributed by atoms with E-state index in [2.05, 4.69) is 58.5 Å². The minimum Gasteiger partial charge on any atom is -0.378 e. The Hall–Kier alpha value is -0.600. The fourth-order valence-electron chi connectivity index (χ4n) is 2.48. The lowest BCUT2D eigenvalue weighted by atomic mass is 10.0. The lowest BCUT2D eigenvalue weighted by Crippen LogP contribution is -2.18. The van der Waals surface area contributed by atoms with Gasteiger partial charge in [0.2, 0.25) is 0 Å². The van der Waals surface area contributed by atoms with Gasteiger partial charge in [0.25, 0.3) is 0 Å². The normalized spacial score (nSPS) is 27.5. The van der Waals surface area contributed by atoms with Crippen molar-refractivity contribution in [3.8, 4) is 0 Å². The molecule has 0 amide bonds. The molecule has 0 saturated carbocycles. The summed E-state index contributed by atoms with van der Waals surface area (Å²) < 4.78 is 6.88. The maximum absolute atomic E-state index is 5.74. The van der Waals surface area contributed by atoms with Crippen LogP contribution in [0.1, 0.15) is 38.5 Å². The summed E-state index contributed by atoms with van der Waals surface area (Å²) >= 11 is 3.49. The number of hydrogen-bond donors (Lipinski definition) is 0. The number of ether oxygens (including phenoxy) is 1. The largest absolute Gasteiger partial charge is 0.378 e. The molecular weight excluding hydrogens is 300 g/mol. The quantitative estimate of drug-likeness (QED) is 0.492. The minimum atomic E-state index is 0.428. The van der Waals surface area contributed by atoms with Crippen LogP contribution in [-0.4, -0.2) is 12.7 Å². The van der Waals surface area contributed by atoms with Gasteiger partial charge >= 0.3 is 0 Å². The molecule has 1 heterocycles. The Kier molecular flexibility index (Phi) is 6.66. The molecule has 1 fully saturated rings. The first-order chi connectivity index (χ1) is 9.34. The highest BCUT2D eigenvalue weighted by Gasteiger charge is 2.12. The summed E-state index contributed by atoms with van der Waals surface area (Å²) in [5.41, 5.74) is 0. The van der Waals surface area contributed by atoms with Gasteiger partial charge < -0.3 is 4.74 Å². The monoisotopic (exact) mass is 322 g/mol. The average molecular weight is 323 g/mol. The molecule has 0 aromatic rings. The van der Waals surface area contributed by atoms with Crippen LogP contribution in [0.4, 0.5) is 0 Å². The van der Waals surface area contributed by atoms with E-state index in [4.69, 9.17) is 4.74 Å². The molecule has 0 radical (unpaired) electrons. The molecule has 2 heteroatoms. The number of halogens is 1. The molecule has 0 bridgehead atoms. The molecule has 104 valence electrons. The first-order valence-electron chi connectivity index (χ1n) is 7.35. The van der Waals surface area contributed by atoms with E-state index >= 15 is 0 Å². The molecule has 0 aromatic carbocycles. The molecule has 0 aromatic heterocycles. The lowest BCUT2D eigenvalue weighted by molar-refractivity contribution is 0.0103. The second-order valence-corrected chi connectivity index (χ2v) is 6.14. The van der Waals surface area contributed by atoms with Crippen molar-refractivity contribution in [1.29, 1.82) is 0 Å². The predicted molar refractivity (Wildman–Crippen MR) is 85.4 cm³/mol. The second kappa shape index (κ2) is 8.55. The van der Waals surface area contributed by atoms with Crippen LogP contribution in [0, 0.1) is 5.92 Å². The van der Waals surface area contributed by atoms with Gasteiger partial charge in [-0.25, -0.2) is 0 Å². The highest BCUT2D eigenvalue weighted by atomic mass is 79.9. The van der Waals surface area contributed by atoms with Crippen molar-refractivity contribution in [1.82, 2.24) is 0 Å². The molecule has 0 N–H and O–H groups in total. The first-order valence-corrected chi connectivity index (χ1v) is 8.14. The Labute approximate surface area is 125 Å². The summed E-state index contributed by atoms with van der Waals surface area (Å²) in [5.74, 6) is 0.428. The molecule has 1 aliphatic carbocycles. The zero-order valence-corrected chi connectivity index (χ0v) is 13.0. The van der Waals surface area contributed by atoms with Crippen LogP contribution in [-0.2, 0) is 4.74 Å². The van der Waals surface area contributed by atoms with Crippen molar-refractivity contribution >= 4 is 15.9 Å². The van der Waals surface area contributed by atoms with E-state index in [0.717, 1.165) is 17.5 Å². The van der Waals surface area contributed by atoms with Crippen LogP contribution in [0.5, 0.6) is 0 Å². The molecule has 2 aliphatic rings. The van der Waals surface area contributed by atoms with E-state index in [1.165, 1.54) is 32.1 Å². The van der Waals surface area contributed by atoms with Gasteiger partial charge in [-0.05, 0) is 44.6 Å². The van der Waals surface area contributed by atoms with Gasteiger partial charge in [0.05, 0.1) is 6.10 Å². The Morgan fingerprint density at radius 2 is 2.26 bits per heavy atom. The molecular formula is C17H23BrO. The lowest BCUT2D eigenvalue weighted by Gasteiger charge is -2.22. The fraction of sp³-hybridized carbons (Fsp3) is 0.529. The van der Waals surface area contributed by atoms with Gasteiger partial charge in [0, 0.05) is 17.0 Å².